The van der Waals surface area contributed by atoms with Crippen LogP contribution in [0.3, 0.4) is 0 Å². The predicted molar refractivity (Wildman–Crippen MR) is 77.4 cm³/mol. The summed E-state index contributed by atoms with van der Waals surface area (Å²) in [6.07, 6.45) is -0.335. The number of carboxylic acid groups (broad SMARTS) is 1. The molecule has 0 spiro atoms. The van der Waals surface area contributed by atoms with Gasteiger partial charge in [-0.25, -0.2) is 4.79 Å². The van der Waals surface area contributed by atoms with Gasteiger partial charge in [0.1, 0.15) is 0 Å². The molecule has 1 amide bonds. The number of para-hydroxylation sites is 1. The molecule has 21 heavy (non-hydrogen) atoms. The Morgan fingerprint density at radius 2 is 1.52 bits per heavy atom. The topological polar surface area (TPSA) is 83.5 Å². The first-order valence-corrected chi connectivity index (χ1v) is 6.28. The lowest BCUT2D eigenvalue weighted by molar-refractivity contribution is -0.115. The normalized spacial score (nSPS) is 9.90. The minimum absolute atomic E-state index is 0.0157. The maximum Gasteiger partial charge on any atom is 0.337 e. The maximum atomic E-state index is 11.9. The number of carboxylic acids is 1. The summed E-state index contributed by atoms with van der Waals surface area (Å²) >= 11 is 0. The second-order valence-electron chi connectivity index (χ2n) is 4.36. The van der Waals surface area contributed by atoms with E-state index >= 15 is 0 Å². The Balaban J connectivity index is 2.06. The van der Waals surface area contributed by atoms with Crippen LogP contribution in [0.1, 0.15) is 27.1 Å². The van der Waals surface area contributed by atoms with Crippen molar-refractivity contribution in [2.45, 2.75) is 6.42 Å². The fourth-order valence-corrected chi connectivity index (χ4v) is 1.84. The average Bonchev–Trinajstić information content (AvgIpc) is 2.48. The van der Waals surface area contributed by atoms with Crippen LogP contribution in [0.4, 0.5) is 5.69 Å². The van der Waals surface area contributed by atoms with Gasteiger partial charge in [-0.2, -0.15) is 0 Å². The molecular formula is C16H13NO4. The van der Waals surface area contributed by atoms with Crippen molar-refractivity contribution in [1.82, 2.24) is 0 Å². The van der Waals surface area contributed by atoms with Gasteiger partial charge in [0.15, 0.2) is 5.78 Å². The molecule has 0 aromatic heterocycles. The first-order chi connectivity index (χ1) is 10.1. The van der Waals surface area contributed by atoms with E-state index in [9.17, 15) is 14.4 Å². The summed E-state index contributed by atoms with van der Waals surface area (Å²) in [5.41, 5.74) is 0.605. The number of carbonyl (C=O) groups is 3. The molecule has 0 unspecified atom stereocenters. The molecule has 5 nitrogen and oxygen atoms in total. The number of rotatable bonds is 5. The predicted octanol–water partition coefficient (Wildman–Crippen LogP) is 2.60. The fourth-order valence-electron chi connectivity index (χ4n) is 1.84. The molecule has 0 radical (unpaired) electrons. The first-order valence-electron chi connectivity index (χ1n) is 6.28. The molecule has 0 saturated carbocycles. The summed E-state index contributed by atoms with van der Waals surface area (Å²) in [5.74, 6) is -2.00. The standard InChI is InChI=1S/C16H13NO4/c18-14(11-6-2-1-3-7-11)10-15(19)17-13-9-5-4-8-12(13)16(20)21/h1-9H,10H2,(H,17,19)(H,20,21). The molecule has 0 bridgehead atoms. The van der Waals surface area contributed by atoms with Gasteiger partial charge in [0.2, 0.25) is 5.91 Å². The van der Waals surface area contributed by atoms with Crippen molar-refractivity contribution in [1.29, 1.82) is 0 Å². The van der Waals surface area contributed by atoms with Crippen molar-refractivity contribution in [3.63, 3.8) is 0 Å². The monoisotopic (exact) mass is 283 g/mol. The Labute approximate surface area is 121 Å². The van der Waals surface area contributed by atoms with Crippen LogP contribution in [0.15, 0.2) is 54.6 Å². The summed E-state index contributed by atoms with van der Waals surface area (Å²) in [6.45, 7) is 0. The van der Waals surface area contributed by atoms with Crippen LogP contribution in [0.25, 0.3) is 0 Å². The minimum atomic E-state index is -1.14. The highest BCUT2D eigenvalue weighted by molar-refractivity contribution is 6.12. The zero-order valence-corrected chi connectivity index (χ0v) is 11.1. The molecule has 2 aromatic carbocycles. The number of amides is 1. The molecule has 0 saturated heterocycles. The number of carbonyl (C=O) groups excluding carboxylic acids is 2. The van der Waals surface area contributed by atoms with E-state index in [1.807, 2.05) is 0 Å². The summed E-state index contributed by atoms with van der Waals surface area (Å²) < 4.78 is 0. The van der Waals surface area contributed by atoms with Gasteiger partial charge in [0, 0.05) is 5.56 Å². The molecule has 0 atom stereocenters. The van der Waals surface area contributed by atoms with E-state index < -0.39 is 11.9 Å². The number of hydrogen-bond acceptors (Lipinski definition) is 3. The van der Waals surface area contributed by atoms with Crippen molar-refractivity contribution in [3.05, 3.63) is 65.7 Å². The lowest BCUT2D eigenvalue weighted by atomic mass is 10.1. The Hall–Kier alpha value is -2.95. The van der Waals surface area contributed by atoms with E-state index in [1.165, 1.54) is 12.1 Å². The molecule has 0 fully saturated rings. The van der Waals surface area contributed by atoms with Crippen LogP contribution in [0.2, 0.25) is 0 Å². The van der Waals surface area contributed by atoms with Crippen LogP contribution < -0.4 is 5.32 Å². The number of Topliss-reactive ketones (excluding diaryl/α,β-unsaturated/α-hetero) is 1. The van der Waals surface area contributed by atoms with E-state index in [4.69, 9.17) is 5.11 Å². The van der Waals surface area contributed by atoms with Crippen molar-refractivity contribution in [2.24, 2.45) is 0 Å². The van der Waals surface area contributed by atoms with Gasteiger partial charge in [-0.1, -0.05) is 42.5 Å². The Kier molecular flexibility index (Phi) is 4.46. The van der Waals surface area contributed by atoms with Crippen LogP contribution in [-0.2, 0) is 4.79 Å². The van der Waals surface area contributed by atoms with Gasteiger partial charge < -0.3 is 10.4 Å². The first kappa shape index (κ1) is 14.5. The lowest BCUT2D eigenvalue weighted by Crippen LogP contribution is -2.18. The molecule has 2 rings (SSSR count). The van der Waals surface area contributed by atoms with E-state index in [0.29, 0.717) is 5.56 Å². The van der Waals surface area contributed by atoms with Crippen molar-refractivity contribution < 1.29 is 19.5 Å². The van der Waals surface area contributed by atoms with Crippen molar-refractivity contribution in [2.75, 3.05) is 5.32 Å². The molecule has 5 heteroatoms. The molecular weight excluding hydrogens is 270 g/mol. The van der Waals surface area contributed by atoms with E-state index in [2.05, 4.69) is 5.32 Å². The molecule has 0 aliphatic carbocycles. The quantitative estimate of drug-likeness (QED) is 0.652. The third kappa shape index (κ3) is 3.76. The summed E-state index contributed by atoms with van der Waals surface area (Å²) in [7, 11) is 0. The molecule has 2 N–H and O–H groups in total. The molecule has 0 aliphatic heterocycles. The van der Waals surface area contributed by atoms with Gasteiger partial charge in [0.25, 0.3) is 0 Å². The highest BCUT2D eigenvalue weighted by Gasteiger charge is 2.15. The van der Waals surface area contributed by atoms with Crippen LogP contribution in [0, 0.1) is 0 Å². The summed E-state index contributed by atoms with van der Waals surface area (Å²) in [6, 6.07) is 14.5. The van der Waals surface area contributed by atoms with Gasteiger partial charge in [-0.15, -0.1) is 0 Å². The second kappa shape index (κ2) is 6.47. The summed E-state index contributed by atoms with van der Waals surface area (Å²) in [5, 5.41) is 11.5. The minimum Gasteiger partial charge on any atom is -0.478 e. The summed E-state index contributed by atoms with van der Waals surface area (Å²) in [4.78, 5) is 34.8. The largest absolute Gasteiger partial charge is 0.478 e. The molecule has 0 heterocycles. The van der Waals surface area contributed by atoms with Crippen LogP contribution in [-0.4, -0.2) is 22.8 Å². The SMILES string of the molecule is O=C(CC(=O)c1ccccc1)Nc1ccccc1C(=O)O. The zero-order valence-electron chi connectivity index (χ0n) is 11.1. The van der Waals surface area contributed by atoms with Crippen LogP contribution >= 0.6 is 0 Å². The highest BCUT2D eigenvalue weighted by atomic mass is 16.4. The molecule has 0 aliphatic rings. The van der Waals surface area contributed by atoms with Crippen molar-refractivity contribution >= 4 is 23.3 Å². The average molecular weight is 283 g/mol. The molecule has 2 aromatic rings. The van der Waals surface area contributed by atoms with Gasteiger partial charge in [-0.05, 0) is 12.1 Å². The van der Waals surface area contributed by atoms with Gasteiger partial charge in [-0.3, -0.25) is 9.59 Å². The smallest absolute Gasteiger partial charge is 0.337 e. The van der Waals surface area contributed by atoms with Gasteiger partial charge >= 0.3 is 5.97 Å². The Bertz CT molecular complexity index is 680. The van der Waals surface area contributed by atoms with Crippen molar-refractivity contribution in [3.8, 4) is 0 Å². The number of nitrogens with one attached hydrogen (secondary N) is 1. The highest BCUT2D eigenvalue weighted by Crippen LogP contribution is 2.15. The molecule has 106 valence electrons. The number of anilines is 1. The zero-order chi connectivity index (χ0) is 15.2. The number of benzene rings is 2. The van der Waals surface area contributed by atoms with Crippen LogP contribution in [0.5, 0.6) is 0 Å². The van der Waals surface area contributed by atoms with E-state index in [-0.39, 0.29) is 23.5 Å². The third-order valence-corrected chi connectivity index (χ3v) is 2.85. The van der Waals surface area contributed by atoms with E-state index in [1.54, 1.807) is 42.5 Å². The third-order valence-electron chi connectivity index (χ3n) is 2.85. The van der Waals surface area contributed by atoms with Gasteiger partial charge in [0.05, 0.1) is 17.7 Å². The maximum absolute atomic E-state index is 11.9. The lowest BCUT2D eigenvalue weighted by Gasteiger charge is -2.07. The number of hydrogen-bond donors (Lipinski definition) is 2. The number of ketones is 1. The fraction of sp³-hybridized carbons (Fsp3) is 0.0625. The Morgan fingerprint density at radius 3 is 2.19 bits per heavy atom. The Morgan fingerprint density at radius 1 is 0.905 bits per heavy atom. The second-order valence-corrected chi connectivity index (χ2v) is 4.36. The number of aromatic carboxylic acids is 1. The van der Waals surface area contributed by atoms with E-state index in [0.717, 1.165) is 0 Å².